The Morgan fingerprint density at radius 3 is 2.92 bits per heavy atom. The van der Waals surface area contributed by atoms with Crippen molar-refractivity contribution in [1.29, 1.82) is 0 Å². The van der Waals surface area contributed by atoms with Crippen molar-refractivity contribution in [1.82, 2.24) is 10.2 Å². The van der Waals surface area contributed by atoms with Gasteiger partial charge in [0.1, 0.15) is 0 Å². The van der Waals surface area contributed by atoms with E-state index < -0.39 is 6.03 Å². The van der Waals surface area contributed by atoms with Gasteiger partial charge in [0, 0.05) is 25.6 Å². The third-order valence-corrected chi connectivity index (χ3v) is 2.63. The average molecular weight is 169 g/mol. The zero-order chi connectivity index (χ0) is 8.72. The van der Waals surface area contributed by atoms with Gasteiger partial charge >= 0.3 is 6.03 Å². The van der Waals surface area contributed by atoms with E-state index in [1.807, 2.05) is 0 Å². The highest BCUT2D eigenvalue weighted by atomic mass is 16.2. The van der Waals surface area contributed by atoms with Gasteiger partial charge in [-0.15, -0.1) is 0 Å². The van der Waals surface area contributed by atoms with Crippen LogP contribution >= 0.6 is 0 Å². The SMILES string of the molecule is NC(=O)N1CC2CNC(=O)C2C1. The second-order valence-electron chi connectivity index (χ2n) is 3.35. The minimum absolute atomic E-state index is 0.0162. The first-order chi connectivity index (χ1) is 5.68. The van der Waals surface area contributed by atoms with Crippen molar-refractivity contribution in [2.24, 2.45) is 17.6 Å². The number of fused-ring (bicyclic) bond motifs is 1. The summed E-state index contributed by atoms with van der Waals surface area (Å²) in [5, 5.41) is 2.76. The summed E-state index contributed by atoms with van der Waals surface area (Å²) in [4.78, 5) is 23.4. The van der Waals surface area contributed by atoms with Crippen LogP contribution in [0.25, 0.3) is 0 Å². The van der Waals surface area contributed by atoms with Gasteiger partial charge in [-0.25, -0.2) is 4.79 Å². The lowest BCUT2D eigenvalue weighted by Gasteiger charge is -2.13. The smallest absolute Gasteiger partial charge is 0.314 e. The normalized spacial score (nSPS) is 33.3. The molecule has 0 spiro atoms. The molecule has 66 valence electrons. The molecular formula is C7H11N3O2. The van der Waals surface area contributed by atoms with Gasteiger partial charge in [-0.05, 0) is 0 Å². The van der Waals surface area contributed by atoms with Crippen molar-refractivity contribution in [3.8, 4) is 0 Å². The van der Waals surface area contributed by atoms with Crippen LogP contribution in [-0.2, 0) is 4.79 Å². The first-order valence-electron chi connectivity index (χ1n) is 4.00. The Labute approximate surface area is 69.9 Å². The van der Waals surface area contributed by atoms with Crippen molar-refractivity contribution < 1.29 is 9.59 Å². The van der Waals surface area contributed by atoms with Crippen LogP contribution in [0.1, 0.15) is 0 Å². The van der Waals surface area contributed by atoms with E-state index in [9.17, 15) is 9.59 Å². The number of rotatable bonds is 0. The molecule has 12 heavy (non-hydrogen) atoms. The van der Waals surface area contributed by atoms with E-state index in [2.05, 4.69) is 5.32 Å². The number of nitrogens with one attached hydrogen (secondary N) is 1. The highest BCUT2D eigenvalue weighted by molar-refractivity contribution is 5.83. The lowest BCUT2D eigenvalue weighted by molar-refractivity contribution is -0.122. The Morgan fingerprint density at radius 2 is 2.33 bits per heavy atom. The minimum Gasteiger partial charge on any atom is -0.355 e. The molecule has 5 heteroatoms. The van der Waals surface area contributed by atoms with Crippen molar-refractivity contribution in [2.75, 3.05) is 19.6 Å². The molecule has 2 heterocycles. The number of carbonyl (C=O) groups is 2. The van der Waals surface area contributed by atoms with E-state index >= 15 is 0 Å². The molecule has 5 nitrogen and oxygen atoms in total. The van der Waals surface area contributed by atoms with Crippen molar-refractivity contribution in [3.05, 3.63) is 0 Å². The van der Waals surface area contributed by atoms with E-state index in [0.29, 0.717) is 19.6 Å². The Hall–Kier alpha value is -1.26. The highest BCUT2D eigenvalue weighted by Crippen LogP contribution is 2.26. The molecule has 0 aromatic rings. The Morgan fingerprint density at radius 1 is 1.58 bits per heavy atom. The summed E-state index contributed by atoms with van der Waals surface area (Å²) in [5.74, 6) is 0.325. The zero-order valence-electron chi connectivity index (χ0n) is 6.62. The van der Waals surface area contributed by atoms with Crippen LogP contribution in [0.3, 0.4) is 0 Å². The molecule has 0 radical (unpaired) electrons. The lowest BCUT2D eigenvalue weighted by Crippen LogP contribution is -2.36. The van der Waals surface area contributed by atoms with E-state index in [4.69, 9.17) is 5.73 Å². The number of urea groups is 1. The molecule has 2 aliphatic heterocycles. The first-order valence-corrected chi connectivity index (χ1v) is 4.00. The van der Waals surface area contributed by atoms with Gasteiger partial charge in [0.05, 0.1) is 5.92 Å². The fraction of sp³-hybridized carbons (Fsp3) is 0.714. The quantitative estimate of drug-likeness (QED) is 0.475. The maximum Gasteiger partial charge on any atom is 0.314 e. The van der Waals surface area contributed by atoms with Gasteiger partial charge in [-0.2, -0.15) is 0 Å². The Bertz CT molecular complexity index is 241. The van der Waals surface area contributed by atoms with Gasteiger partial charge in [-0.3, -0.25) is 4.79 Å². The van der Waals surface area contributed by atoms with E-state index in [0.717, 1.165) is 0 Å². The molecule has 0 aromatic heterocycles. The number of hydrogen-bond donors (Lipinski definition) is 2. The number of hydrogen-bond acceptors (Lipinski definition) is 2. The summed E-state index contributed by atoms with van der Waals surface area (Å²) in [7, 11) is 0. The number of nitrogens with zero attached hydrogens (tertiary/aromatic N) is 1. The van der Waals surface area contributed by atoms with Crippen LogP contribution in [0, 0.1) is 11.8 Å². The van der Waals surface area contributed by atoms with Crippen LogP contribution in [-0.4, -0.2) is 36.5 Å². The molecule has 0 saturated carbocycles. The predicted octanol–water partition coefficient (Wildman–Crippen LogP) is -1.26. The monoisotopic (exact) mass is 169 g/mol. The number of primary amides is 1. The molecule has 0 aliphatic carbocycles. The van der Waals surface area contributed by atoms with Crippen LogP contribution in [0.2, 0.25) is 0 Å². The van der Waals surface area contributed by atoms with Gasteiger partial charge in [0.2, 0.25) is 5.91 Å². The third-order valence-electron chi connectivity index (χ3n) is 2.63. The first kappa shape index (κ1) is 7.39. The molecule has 2 rings (SSSR count). The summed E-state index contributed by atoms with van der Waals surface area (Å²) in [5.41, 5.74) is 5.10. The van der Waals surface area contributed by atoms with Gasteiger partial charge < -0.3 is 16.0 Å². The second-order valence-corrected chi connectivity index (χ2v) is 3.35. The van der Waals surface area contributed by atoms with Crippen molar-refractivity contribution in [3.63, 3.8) is 0 Å². The largest absolute Gasteiger partial charge is 0.355 e. The third kappa shape index (κ3) is 0.929. The average Bonchev–Trinajstić information content (AvgIpc) is 2.53. The van der Waals surface area contributed by atoms with Crippen molar-refractivity contribution in [2.45, 2.75) is 0 Å². The highest BCUT2D eigenvalue weighted by Gasteiger charge is 2.42. The Kier molecular flexibility index (Phi) is 1.46. The van der Waals surface area contributed by atoms with Crippen molar-refractivity contribution >= 4 is 11.9 Å². The van der Waals surface area contributed by atoms with Crippen LogP contribution in [0.5, 0.6) is 0 Å². The summed E-state index contributed by atoms with van der Waals surface area (Å²) in [6, 6.07) is -0.419. The molecule has 3 N–H and O–H groups in total. The van der Waals surface area contributed by atoms with Gasteiger partial charge in [-0.1, -0.05) is 0 Å². The fourth-order valence-electron chi connectivity index (χ4n) is 1.92. The number of amides is 3. The molecule has 2 saturated heterocycles. The minimum atomic E-state index is -0.419. The molecule has 0 bridgehead atoms. The summed E-state index contributed by atoms with van der Waals surface area (Å²) in [6.07, 6.45) is 0. The van der Waals surface area contributed by atoms with Crippen LogP contribution < -0.4 is 11.1 Å². The predicted molar refractivity (Wildman–Crippen MR) is 41.1 cm³/mol. The van der Waals surface area contributed by atoms with E-state index in [1.54, 1.807) is 0 Å². The summed E-state index contributed by atoms with van der Waals surface area (Å²) >= 11 is 0. The van der Waals surface area contributed by atoms with E-state index in [-0.39, 0.29) is 17.7 Å². The summed E-state index contributed by atoms with van der Waals surface area (Å²) < 4.78 is 0. The van der Waals surface area contributed by atoms with Gasteiger partial charge in [0.15, 0.2) is 0 Å². The van der Waals surface area contributed by atoms with E-state index in [1.165, 1.54) is 4.90 Å². The number of likely N-dealkylation sites (tertiary alicyclic amines) is 1. The van der Waals surface area contributed by atoms with Crippen LogP contribution in [0.4, 0.5) is 4.79 Å². The lowest BCUT2D eigenvalue weighted by atomic mass is 10.0. The summed E-state index contributed by atoms with van der Waals surface area (Å²) in [6.45, 7) is 1.80. The molecule has 2 atom stereocenters. The maximum atomic E-state index is 11.1. The van der Waals surface area contributed by atoms with Gasteiger partial charge in [0.25, 0.3) is 0 Å². The molecule has 0 aromatic carbocycles. The fourth-order valence-corrected chi connectivity index (χ4v) is 1.92. The maximum absolute atomic E-state index is 11.1. The Balaban J connectivity index is 2.07. The number of carbonyl (C=O) groups excluding carboxylic acids is 2. The number of nitrogens with two attached hydrogens (primary N) is 1. The zero-order valence-corrected chi connectivity index (χ0v) is 6.62. The molecule has 2 fully saturated rings. The topological polar surface area (TPSA) is 75.4 Å². The second kappa shape index (κ2) is 2.36. The molecular weight excluding hydrogens is 158 g/mol. The molecule has 2 aliphatic rings. The standard InChI is InChI=1S/C7H11N3O2/c8-7(12)10-2-4-1-9-6(11)5(4)3-10/h4-5H,1-3H2,(H2,8,12)(H,9,11). The van der Waals surface area contributed by atoms with Crippen LogP contribution in [0.15, 0.2) is 0 Å². The molecule has 2 unspecified atom stereocenters. The molecule has 3 amide bonds.